The zero-order chi connectivity index (χ0) is 15.6. The molecule has 0 bridgehead atoms. The normalized spacial score (nSPS) is 10.7. The first-order valence-corrected chi connectivity index (χ1v) is 7.34. The summed E-state index contributed by atoms with van der Waals surface area (Å²) in [5.74, 6) is 0.460. The molecule has 3 N–H and O–H groups in total. The highest BCUT2D eigenvalue weighted by molar-refractivity contribution is 9.10. The van der Waals surface area contributed by atoms with E-state index < -0.39 is 0 Å². The molecule has 6 heteroatoms. The SMILES string of the molecule is COc1ccc(Br)c(NC(=O)c2cc(N)cn2C(C)C)c1. The fourth-order valence-electron chi connectivity index (χ4n) is 2.02. The topological polar surface area (TPSA) is 69.3 Å². The van der Waals surface area contributed by atoms with Gasteiger partial charge in [-0.2, -0.15) is 0 Å². The highest BCUT2D eigenvalue weighted by Gasteiger charge is 2.16. The number of ether oxygens (including phenoxy) is 1. The number of nitrogens with two attached hydrogens (primary N) is 1. The molecule has 112 valence electrons. The Morgan fingerprint density at radius 2 is 2.10 bits per heavy atom. The van der Waals surface area contributed by atoms with Gasteiger partial charge in [0.1, 0.15) is 11.4 Å². The van der Waals surface area contributed by atoms with Crippen LogP contribution in [0.25, 0.3) is 0 Å². The first-order chi connectivity index (χ1) is 9.92. The molecule has 21 heavy (non-hydrogen) atoms. The number of amides is 1. The summed E-state index contributed by atoms with van der Waals surface area (Å²) in [5, 5.41) is 2.87. The number of benzene rings is 1. The highest BCUT2D eigenvalue weighted by atomic mass is 79.9. The Morgan fingerprint density at radius 3 is 2.71 bits per heavy atom. The molecule has 0 unspecified atom stereocenters. The number of rotatable bonds is 4. The number of nitrogens with one attached hydrogen (secondary N) is 1. The second-order valence-electron chi connectivity index (χ2n) is 4.96. The van der Waals surface area contributed by atoms with E-state index in [0.29, 0.717) is 22.8 Å². The van der Waals surface area contributed by atoms with E-state index in [-0.39, 0.29) is 11.9 Å². The molecule has 0 aliphatic carbocycles. The van der Waals surface area contributed by atoms with E-state index in [1.165, 1.54) is 0 Å². The molecule has 1 aromatic heterocycles. The first kappa shape index (κ1) is 15.4. The number of methoxy groups -OCH3 is 1. The molecule has 1 heterocycles. The van der Waals surface area contributed by atoms with Crippen LogP contribution in [0.3, 0.4) is 0 Å². The molecule has 0 aliphatic heterocycles. The number of hydrogen-bond donors (Lipinski definition) is 2. The van der Waals surface area contributed by atoms with Gasteiger partial charge in [0.15, 0.2) is 0 Å². The van der Waals surface area contributed by atoms with Crippen LogP contribution in [0.4, 0.5) is 11.4 Å². The second kappa shape index (κ2) is 6.22. The van der Waals surface area contributed by atoms with Crippen molar-refractivity contribution in [3.05, 3.63) is 40.6 Å². The van der Waals surface area contributed by atoms with E-state index in [9.17, 15) is 4.79 Å². The smallest absolute Gasteiger partial charge is 0.272 e. The maximum absolute atomic E-state index is 12.5. The third-order valence-corrected chi connectivity index (χ3v) is 3.77. The molecule has 0 saturated carbocycles. The van der Waals surface area contributed by atoms with Crippen molar-refractivity contribution in [2.75, 3.05) is 18.2 Å². The molecule has 5 nitrogen and oxygen atoms in total. The maximum Gasteiger partial charge on any atom is 0.272 e. The molecule has 2 rings (SSSR count). The van der Waals surface area contributed by atoms with E-state index in [0.717, 1.165) is 4.47 Å². The predicted molar refractivity (Wildman–Crippen MR) is 87.9 cm³/mol. The molecule has 0 saturated heterocycles. The van der Waals surface area contributed by atoms with Gasteiger partial charge < -0.3 is 20.4 Å². The van der Waals surface area contributed by atoms with E-state index in [2.05, 4.69) is 21.2 Å². The molecule has 1 amide bonds. The van der Waals surface area contributed by atoms with Crippen molar-refractivity contribution in [1.29, 1.82) is 0 Å². The minimum atomic E-state index is -0.214. The maximum atomic E-state index is 12.5. The number of carbonyl (C=O) groups excluding carboxylic acids is 1. The Labute approximate surface area is 132 Å². The highest BCUT2D eigenvalue weighted by Crippen LogP contribution is 2.28. The van der Waals surface area contributed by atoms with Crippen molar-refractivity contribution in [2.45, 2.75) is 19.9 Å². The van der Waals surface area contributed by atoms with Crippen molar-refractivity contribution in [3.63, 3.8) is 0 Å². The van der Waals surface area contributed by atoms with Gasteiger partial charge in [0, 0.05) is 22.8 Å². The first-order valence-electron chi connectivity index (χ1n) is 6.54. The van der Waals surface area contributed by atoms with Crippen LogP contribution >= 0.6 is 15.9 Å². The number of anilines is 2. The zero-order valence-corrected chi connectivity index (χ0v) is 13.8. The summed E-state index contributed by atoms with van der Waals surface area (Å²) in [6, 6.07) is 7.22. The van der Waals surface area contributed by atoms with Gasteiger partial charge in [0.05, 0.1) is 18.5 Å². The summed E-state index contributed by atoms with van der Waals surface area (Å²) in [6.45, 7) is 4.00. The van der Waals surface area contributed by atoms with Crippen LogP contribution in [0.5, 0.6) is 5.75 Å². The van der Waals surface area contributed by atoms with Gasteiger partial charge in [-0.25, -0.2) is 0 Å². The zero-order valence-electron chi connectivity index (χ0n) is 12.2. The summed E-state index contributed by atoms with van der Waals surface area (Å²) < 4.78 is 7.80. The van der Waals surface area contributed by atoms with Crippen LogP contribution in [0.2, 0.25) is 0 Å². The minimum absolute atomic E-state index is 0.150. The van der Waals surface area contributed by atoms with Gasteiger partial charge >= 0.3 is 0 Å². The third-order valence-electron chi connectivity index (χ3n) is 3.08. The Bertz CT molecular complexity index is 665. The summed E-state index contributed by atoms with van der Waals surface area (Å²) in [7, 11) is 1.58. The lowest BCUT2D eigenvalue weighted by Crippen LogP contribution is -2.18. The molecular weight excluding hydrogens is 334 g/mol. The molecule has 0 aliphatic rings. The van der Waals surface area contributed by atoms with E-state index >= 15 is 0 Å². The van der Waals surface area contributed by atoms with Crippen molar-refractivity contribution < 1.29 is 9.53 Å². The summed E-state index contributed by atoms with van der Waals surface area (Å²) in [6.07, 6.45) is 1.76. The van der Waals surface area contributed by atoms with Gasteiger partial charge in [0.25, 0.3) is 5.91 Å². The van der Waals surface area contributed by atoms with E-state index in [4.69, 9.17) is 10.5 Å². The van der Waals surface area contributed by atoms with Crippen LogP contribution in [-0.2, 0) is 0 Å². The molecule has 0 atom stereocenters. The fraction of sp³-hybridized carbons (Fsp3) is 0.267. The second-order valence-corrected chi connectivity index (χ2v) is 5.81. The molecule has 0 radical (unpaired) electrons. The molecule has 0 spiro atoms. The third kappa shape index (κ3) is 3.39. The standard InChI is InChI=1S/C15H18BrN3O2/c1-9(2)19-8-10(17)6-14(19)15(20)18-13-7-11(21-3)4-5-12(13)16/h4-9H,17H2,1-3H3,(H,18,20). The summed E-state index contributed by atoms with van der Waals surface area (Å²) >= 11 is 3.41. The predicted octanol–water partition coefficient (Wildman–Crippen LogP) is 3.67. The lowest BCUT2D eigenvalue weighted by atomic mass is 10.2. The Morgan fingerprint density at radius 1 is 1.38 bits per heavy atom. The van der Waals surface area contributed by atoms with Crippen LogP contribution in [0.1, 0.15) is 30.4 Å². The van der Waals surface area contributed by atoms with Crippen molar-refractivity contribution in [3.8, 4) is 5.75 Å². The van der Waals surface area contributed by atoms with Gasteiger partial charge in [-0.05, 0) is 48.0 Å². The Hall–Kier alpha value is -1.95. The Kier molecular flexibility index (Phi) is 4.57. The largest absolute Gasteiger partial charge is 0.497 e. The number of aromatic nitrogens is 1. The van der Waals surface area contributed by atoms with Crippen LogP contribution in [0, 0.1) is 0 Å². The van der Waals surface area contributed by atoms with Crippen molar-refractivity contribution >= 4 is 33.2 Å². The van der Waals surface area contributed by atoms with E-state index in [1.54, 1.807) is 25.4 Å². The quantitative estimate of drug-likeness (QED) is 0.882. The fourth-order valence-corrected chi connectivity index (χ4v) is 2.37. The average Bonchev–Trinajstić information content (AvgIpc) is 2.83. The van der Waals surface area contributed by atoms with Gasteiger partial charge in [-0.15, -0.1) is 0 Å². The van der Waals surface area contributed by atoms with Gasteiger partial charge in [-0.3, -0.25) is 4.79 Å². The number of carbonyl (C=O) groups is 1. The molecule has 2 aromatic rings. The minimum Gasteiger partial charge on any atom is -0.497 e. The van der Waals surface area contributed by atoms with Gasteiger partial charge in [-0.1, -0.05) is 0 Å². The Balaban J connectivity index is 2.30. The average molecular weight is 352 g/mol. The van der Waals surface area contributed by atoms with Gasteiger partial charge in [0.2, 0.25) is 0 Å². The summed E-state index contributed by atoms with van der Waals surface area (Å²) in [4.78, 5) is 12.5. The van der Waals surface area contributed by atoms with Crippen LogP contribution in [0.15, 0.2) is 34.9 Å². The molecule has 0 fully saturated rings. The molecular formula is C15H18BrN3O2. The molecule has 1 aromatic carbocycles. The number of hydrogen-bond acceptors (Lipinski definition) is 3. The lowest BCUT2D eigenvalue weighted by molar-refractivity contribution is 0.101. The lowest BCUT2D eigenvalue weighted by Gasteiger charge is -2.13. The number of nitrogen functional groups attached to an aromatic ring is 1. The summed E-state index contributed by atoms with van der Waals surface area (Å²) in [5.41, 5.74) is 7.53. The van der Waals surface area contributed by atoms with Crippen molar-refractivity contribution in [2.24, 2.45) is 0 Å². The van der Waals surface area contributed by atoms with Crippen LogP contribution < -0.4 is 15.8 Å². The van der Waals surface area contributed by atoms with Crippen LogP contribution in [-0.4, -0.2) is 17.6 Å². The van der Waals surface area contributed by atoms with Crippen molar-refractivity contribution in [1.82, 2.24) is 4.57 Å². The van der Waals surface area contributed by atoms with E-state index in [1.807, 2.05) is 30.5 Å². The monoisotopic (exact) mass is 351 g/mol. The number of nitrogens with zero attached hydrogens (tertiary/aromatic N) is 1. The number of halogens is 1.